The third-order valence-corrected chi connectivity index (χ3v) is 4.07. The minimum atomic E-state index is -4.12. The van der Waals surface area contributed by atoms with Crippen LogP contribution < -0.4 is 5.73 Å². The molecule has 5 nitrogen and oxygen atoms in total. The van der Waals surface area contributed by atoms with E-state index in [9.17, 15) is 17.2 Å². The van der Waals surface area contributed by atoms with Crippen molar-refractivity contribution in [2.24, 2.45) is 0 Å². The Hall–Kier alpha value is -1.25. The number of rotatable bonds is 4. The number of nitrogen functional groups attached to an aromatic ring is 1. The van der Waals surface area contributed by atoms with Crippen molar-refractivity contribution in [3.05, 3.63) is 23.8 Å². The molecule has 0 bridgehead atoms. The van der Waals surface area contributed by atoms with E-state index in [1.54, 1.807) is 0 Å². The van der Waals surface area contributed by atoms with Crippen molar-refractivity contribution in [3.63, 3.8) is 0 Å². The van der Waals surface area contributed by atoms with Crippen molar-refractivity contribution >= 4 is 15.7 Å². The lowest BCUT2D eigenvalue weighted by Gasteiger charge is -2.16. The SMILES string of the molecule is CN(CCO)S(=O)(=O)c1ccc(F)c(N)c1F. The summed E-state index contributed by atoms with van der Waals surface area (Å²) in [5, 5.41) is 8.63. The Bertz CT molecular complexity index is 519. The van der Waals surface area contributed by atoms with Gasteiger partial charge in [-0.25, -0.2) is 17.2 Å². The number of aliphatic hydroxyl groups excluding tert-OH is 1. The topological polar surface area (TPSA) is 83.6 Å². The van der Waals surface area contributed by atoms with Crippen LogP contribution in [0, 0.1) is 11.6 Å². The molecule has 0 heterocycles. The second-order valence-electron chi connectivity index (χ2n) is 3.32. The average Bonchev–Trinajstić information content (AvgIpc) is 2.26. The van der Waals surface area contributed by atoms with Crippen molar-refractivity contribution in [3.8, 4) is 0 Å². The zero-order valence-electron chi connectivity index (χ0n) is 9.02. The molecule has 0 spiro atoms. The van der Waals surface area contributed by atoms with Gasteiger partial charge in [-0.15, -0.1) is 0 Å². The molecule has 0 saturated carbocycles. The van der Waals surface area contributed by atoms with Gasteiger partial charge in [0.15, 0.2) is 5.82 Å². The van der Waals surface area contributed by atoms with Gasteiger partial charge in [0.2, 0.25) is 10.0 Å². The van der Waals surface area contributed by atoms with Crippen LogP contribution in [0.3, 0.4) is 0 Å². The summed E-state index contributed by atoms with van der Waals surface area (Å²) in [5.74, 6) is -2.35. The summed E-state index contributed by atoms with van der Waals surface area (Å²) in [7, 11) is -2.95. The zero-order chi connectivity index (χ0) is 13.2. The Morgan fingerprint density at radius 2 is 2.00 bits per heavy atom. The van der Waals surface area contributed by atoms with Gasteiger partial charge < -0.3 is 10.8 Å². The van der Waals surface area contributed by atoms with Crippen molar-refractivity contribution < 1.29 is 22.3 Å². The Kier molecular flexibility index (Phi) is 4.02. The number of sulfonamides is 1. The van der Waals surface area contributed by atoms with Crippen LogP contribution in [-0.4, -0.2) is 38.0 Å². The van der Waals surface area contributed by atoms with Crippen molar-refractivity contribution in [2.75, 3.05) is 25.9 Å². The van der Waals surface area contributed by atoms with E-state index in [0.29, 0.717) is 0 Å². The van der Waals surface area contributed by atoms with Gasteiger partial charge in [0.25, 0.3) is 0 Å². The van der Waals surface area contributed by atoms with E-state index < -0.39 is 38.8 Å². The summed E-state index contributed by atoms with van der Waals surface area (Å²) in [5.41, 5.74) is 4.23. The maximum Gasteiger partial charge on any atom is 0.245 e. The molecule has 3 N–H and O–H groups in total. The highest BCUT2D eigenvalue weighted by molar-refractivity contribution is 7.89. The van der Waals surface area contributed by atoms with Crippen molar-refractivity contribution in [1.29, 1.82) is 0 Å². The maximum absolute atomic E-state index is 13.5. The maximum atomic E-state index is 13.5. The van der Waals surface area contributed by atoms with Gasteiger partial charge in [-0.2, -0.15) is 4.31 Å². The fraction of sp³-hybridized carbons (Fsp3) is 0.333. The van der Waals surface area contributed by atoms with Gasteiger partial charge in [-0.3, -0.25) is 0 Å². The standard InChI is InChI=1S/C9H12F2N2O3S/c1-13(4-5-14)17(15,16)7-3-2-6(10)9(12)8(7)11/h2-3,14H,4-5,12H2,1H3. The molecular weight excluding hydrogens is 254 g/mol. The molecule has 0 fully saturated rings. The molecule has 0 aliphatic heterocycles. The van der Waals surface area contributed by atoms with Crippen LogP contribution in [0.5, 0.6) is 0 Å². The van der Waals surface area contributed by atoms with Crippen LogP contribution in [0.15, 0.2) is 17.0 Å². The first-order valence-corrected chi connectivity index (χ1v) is 6.07. The molecule has 0 aliphatic rings. The lowest BCUT2D eigenvalue weighted by molar-refractivity contribution is 0.266. The van der Waals surface area contributed by atoms with Crippen LogP contribution in [0.2, 0.25) is 0 Å². The smallest absolute Gasteiger partial charge is 0.245 e. The van der Waals surface area contributed by atoms with Crippen LogP contribution in [-0.2, 0) is 10.0 Å². The first-order chi connectivity index (χ1) is 7.82. The second kappa shape index (κ2) is 4.94. The van der Waals surface area contributed by atoms with Crippen molar-refractivity contribution in [1.82, 2.24) is 4.31 Å². The Balaban J connectivity index is 3.30. The number of nitrogens with zero attached hydrogens (tertiary/aromatic N) is 1. The summed E-state index contributed by atoms with van der Waals surface area (Å²) in [6, 6.07) is 1.57. The molecule has 1 aromatic rings. The van der Waals surface area contributed by atoms with Crippen LogP contribution in [0.4, 0.5) is 14.5 Å². The highest BCUT2D eigenvalue weighted by Crippen LogP contribution is 2.24. The average molecular weight is 266 g/mol. The summed E-state index contributed by atoms with van der Waals surface area (Å²) >= 11 is 0. The van der Waals surface area contributed by atoms with E-state index in [0.717, 1.165) is 16.4 Å². The number of aliphatic hydroxyl groups is 1. The quantitative estimate of drug-likeness (QED) is 0.760. The predicted molar refractivity (Wildman–Crippen MR) is 57.7 cm³/mol. The van der Waals surface area contributed by atoms with Gasteiger partial charge in [0.1, 0.15) is 16.4 Å². The largest absolute Gasteiger partial charge is 0.395 e. The summed E-state index contributed by atoms with van der Waals surface area (Å²) < 4.78 is 50.8. The monoisotopic (exact) mass is 266 g/mol. The third kappa shape index (κ3) is 2.54. The first kappa shape index (κ1) is 13.8. The number of halogens is 2. The number of nitrogens with two attached hydrogens (primary N) is 1. The molecule has 0 atom stereocenters. The normalized spacial score (nSPS) is 12.1. The number of anilines is 1. The van der Waals surface area contributed by atoms with E-state index >= 15 is 0 Å². The summed E-state index contributed by atoms with van der Waals surface area (Å²) in [4.78, 5) is -0.715. The molecular formula is C9H12F2N2O3S. The van der Waals surface area contributed by atoms with Gasteiger partial charge in [0.05, 0.1) is 6.61 Å². The Morgan fingerprint density at radius 3 is 2.53 bits per heavy atom. The molecule has 1 rings (SSSR count). The molecule has 0 radical (unpaired) electrons. The summed E-state index contributed by atoms with van der Waals surface area (Å²) in [6.45, 7) is -0.604. The van der Waals surface area contributed by atoms with E-state index in [1.165, 1.54) is 7.05 Å². The molecule has 1 aromatic carbocycles. The molecule has 8 heteroatoms. The molecule has 17 heavy (non-hydrogen) atoms. The minimum absolute atomic E-state index is 0.195. The molecule has 0 amide bonds. The first-order valence-electron chi connectivity index (χ1n) is 4.63. The van der Waals surface area contributed by atoms with Gasteiger partial charge in [0, 0.05) is 13.6 Å². The van der Waals surface area contributed by atoms with E-state index in [2.05, 4.69) is 0 Å². The van der Waals surface area contributed by atoms with Crippen LogP contribution in [0.25, 0.3) is 0 Å². The van der Waals surface area contributed by atoms with Gasteiger partial charge in [-0.05, 0) is 12.1 Å². The van der Waals surface area contributed by atoms with Crippen LogP contribution in [0.1, 0.15) is 0 Å². The summed E-state index contributed by atoms with van der Waals surface area (Å²) in [6.07, 6.45) is 0. The van der Waals surface area contributed by atoms with E-state index in [1.807, 2.05) is 0 Å². The number of likely N-dealkylation sites (N-methyl/N-ethyl adjacent to an activating group) is 1. The highest BCUT2D eigenvalue weighted by Gasteiger charge is 2.26. The lowest BCUT2D eigenvalue weighted by Crippen LogP contribution is -2.30. The lowest BCUT2D eigenvalue weighted by atomic mass is 10.3. The Morgan fingerprint density at radius 1 is 1.41 bits per heavy atom. The number of benzene rings is 1. The fourth-order valence-corrected chi connectivity index (χ4v) is 2.41. The minimum Gasteiger partial charge on any atom is -0.395 e. The van der Waals surface area contributed by atoms with Gasteiger partial charge in [-0.1, -0.05) is 0 Å². The number of hydrogen-bond acceptors (Lipinski definition) is 4. The second-order valence-corrected chi connectivity index (χ2v) is 5.34. The number of hydrogen-bond donors (Lipinski definition) is 2. The van der Waals surface area contributed by atoms with E-state index in [-0.39, 0.29) is 6.54 Å². The zero-order valence-corrected chi connectivity index (χ0v) is 9.84. The molecule has 0 unspecified atom stereocenters. The van der Waals surface area contributed by atoms with Crippen LogP contribution >= 0.6 is 0 Å². The predicted octanol–water partition coefficient (Wildman–Crippen LogP) is 0.160. The molecule has 0 saturated heterocycles. The van der Waals surface area contributed by atoms with Crippen molar-refractivity contribution in [2.45, 2.75) is 4.90 Å². The molecule has 0 aromatic heterocycles. The van der Waals surface area contributed by atoms with E-state index in [4.69, 9.17) is 10.8 Å². The third-order valence-electron chi connectivity index (χ3n) is 2.19. The fourth-order valence-electron chi connectivity index (χ4n) is 1.18. The van der Waals surface area contributed by atoms with Gasteiger partial charge >= 0.3 is 0 Å². The Labute approximate surface area is 97.5 Å². The highest BCUT2D eigenvalue weighted by atomic mass is 32.2. The molecule has 96 valence electrons. The molecule has 0 aliphatic carbocycles.